The van der Waals surface area contributed by atoms with Crippen LogP contribution in [0.25, 0.3) is 17.1 Å². The zero-order chi connectivity index (χ0) is 18.7. The van der Waals surface area contributed by atoms with Gasteiger partial charge in [0.1, 0.15) is 11.6 Å². The van der Waals surface area contributed by atoms with Gasteiger partial charge in [-0.3, -0.25) is 14.3 Å². The van der Waals surface area contributed by atoms with Crippen molar-refractivity contribution in [3.63, 3.8) is 0 Å². The van der Waals surface area contributed by atoms with Crippen LogP contribution < -0.4 is 0 Å². The Morgan fingerprint density at radius 2 is 1.92 bits per heavy atom. The number of halogens is 1. The molecule has 2 heterocycles. The number of para-hydroxylation sites is 1. The summed E-state index contributed by atoms with van der Waals surface area (Å²) in [5.74, 6) is 0.423. The Labute approximate surface area is 155 Å². The van der Waals surface area contributed by atoms with E-state index in [9.17, 15) is 9.18 Å². The van der Waals surface area contributed by atoms with E-state index in [4.69, 9.17) is 0 Å². The Hall–Kier alpha value is -2.54. The van der Waals surface area contributed by atoms with Crippen LogP contribution in [0.1, 0.15) is 20.8 Å². The van der Waals surface area contributed by atoms with E-state index in [0.29, 0.717) is 16.7 Å². The minimum absolute atomic E-state index is 0.0912. The molecule has 0 aliphatic rings. The van der Waals surface area contributed by atoms with E-state index in [0.717, 1.165) is 5.56 Å². The Morgan fingerprint density at radius 3 is 2.58 bits per heavy atom. The second kappa shape index (κ2) is 7.37. The molecule has 134 valence electrons. The molecule has 0 saturated carbocycles. The zero-order valence-electron chi connectivity index (χ0n) is 14.8. The third kappa shape index (κ3) is 3.83. The standard InChI is InChI=1S/C19H19FN4OS/c1-19(2,3)16(25)12-26-18-23-22-17(13-7-6-10-21-11-13)24(18)15-9-5-4-8-14(15)20/h4-11H,12H2,1-3H3. The minimum Gasteiger partial charge on any atom is -0.298 e. The first-order valence-corrected chi connectivity index (χ1v) is 9.13. The number of ketones is 1. The van der Waals surface area contributed by atoms with Crippen molar-refractivity contribution >= 4 is 17.5 Å². The topological polar surface area (TPSA) is 60.7 Å². The molecule has 26 heavy (non-hydrogen) atoms. The van der Waals surface area contributed by atoms with E-state index in [2.05, 4.69) is 15.2 Å². The number of Topliss-reactive ketones (excluding diaryl/α,β-unsaturated/α-hetero) is 1. The molecule has 0 atom stereocenters. The van der Waals surface area contributed by atoms with E-state index in [1.165, 1.54) is 17.8 Å². The van der Waals surface area contributed by atoms with Crippen molar-refractivity contribution in [2.45, 2.75) is 25.9 Å². The number of thioether (sulfide) groups is 1. The summed E-state index contributed by atoms with van der Waals surface area (Å²) < 4.78 is 16.1. The van der Waals surface area contributed by atoms with Crippen molar-refractivity contribution in [1.82, 2.24) is 19.7 Å². The van der Waals surface area contributed by atoms with Gasteiger partial charge in [-0.25, -0.2) is 4.39 Å². The lowest BCUT2D eigenvalue weighted by molar-refractivity contribution is -0.123. The van der Waals surface area contributed by atoms with Gasteiger partial charge < -0.3 is 0 Å². The lowest BCUT2D eigenvalue weighted by Gasteiger charge is -2.16. The van der Waals surface area contributed by atoms with Gasteiger partial charge in [-0.15, -0.1) is 10.2 Å². The van der Waals surface area contributed by atoms with Crippen molar-refractivity contribution in [2.75, 3.05) is 5.75 Å². The highest BCUT2D eigenvalue weighted by molar-refractivity contribution is 7.99. The van der Waals surface area contributed by atoms with Crippen molar-refractivity contribution in [1.29, 1.82) is 0 Å². The van der Waals surface area contributed by atoms with Gasteiger partial charge in [-0.2, -0.15) is 0 Å². The van der Waals surface area contributed by atoms with Gasteiger partial charge in [0, 0.05) is 23.4 Å². The maximum atomic E-state index is 14.4. The predicted octanol–water partition coefficient (Wildman–Crippen LogP) is 4.18. The largest absolute Gasteiger partial charge is 0.298 e. The van der Waals surface area contributed by atoms with Crippen LogP contribution >= 0.6 is 11.8 Å². The molecule has 0 aliphatic carbocycles. The number of nitrogens with zero attached hydrogens (tertiary/aromatic N) is 4. The summed E-state index contributed by atoms with van der Waals surface area (Å²) in [5.41, 5.74) is 0.612. The molecular formula is C19H19FN4OS. The van der Waals surface area contributed by atoms with Crippen LogP contribution in [-0.2, 0) is 4.79 Å². The van der Waals surface area contributed by atoms with Gasteiger partial charge in [0.15, 0.2) is 11.0 Å². The maximum absolute atomic E-state index is 14.4. The summed E-state index contributed by atoms with van der Waals surface area (Å²) >= 11 is 1.25. The average Bonchev–Trinajstić information content (AvgIpc) is 3.03. The van der Waals surface area contributed by atoms with Crippen LogP contribution in [0.3, 0.4) is 0 Å². The fourth-order valence-electron chi connectivity index (χ4n) is 2.24. The fourth-order valence-corrected chi connectivity index (χ4v) is 3.35. The molecule has 0 bridgehead atoms. The van der Waals surface area contributed by atoms with Crippen molar-refractivity contribution < 1.29 is 9.18 Å². The Morgan fingerprint density at radius 1 is 1.15 bits per heavy atom. The maximum Gasteiger partial charge on any atom is 0.196 e. The lowest BCUT2D eigenvalue weighted by Crippen LogP contribution is -2.22. The van der Waals surface area contributed by atoms with Crippen LogP contribution in [0.5, 0.6) is 0 Å². The highest BCUT2D eigenvalue weighted by atomic mass is 32.2. The predicted molar refractivity (Wildman–Crippen MR) is 99.7 cm³/mol. The van der Waals surface area contributed by atoms with Crippen molar-refractivity contribution in [2.24, 2.45) is 5.41 Å². The molecule has 3 aromatic rings. The molecule has 0 fully saturated rings. The molecule has 0 radical (unpaired) electrons. The summed E-state index contributed by atoms with van der Waals surface area (Å²) in [4.78, 5) is 16.4. The third-order valence-electron chi connectivity index (χ3n) is 3.82. The van der Waals surface area contributed by atoms with E-state index in [-0.39, 0.29) is 17.4 Å². The van der Waals surface area contributed by atoms with Gasteiger partial charge in [0.25, 0.3) is 0 Å². The second-order valence-electron chi connectivity index (χ2n) is 6.80. The number of carbonyl (C=O) groups excluding carboxylic acids is 1. The molecule has 2 aromatic heterocycles. The lowest BCUT2D eigenvalue weighted by atomic mass is 9.92. The quantitative estimate of drug-likeness (QED) is 0.631. The smallest absolute Gasteiger partial charge is 0.196 e. The molecular weight excluding hydrogens is 351 g/mol. The molecule has 0 saturated heterocycles. The highest BCUT2D eigenvalue weighted by Crippen LogP contribution is 2.30. The molecule has 0 unspecified atom stereocenters. The molecule has 1 aromatic carbocycles. The van der Waals surface area contributed by atoms with Crippen LogP contribution in [0.2, 0.25) is 0 Å². The van der Waals surface area contributed by atoms with Gasteiger partial charge in [-0.05, 0) is 24.3 Å². The number of hydrogen-bond donors (Lipinski definition) is 0. The first-order chi connectivity index (χ1) is 12.4. The normalized spacial score (nSPS) is 11.5. The van der Waals surface area contributed by atoms with Crippen LogP contribution in [0.4, 0.5) is 4.39 Å². The van der Waals surface area contributed by atoms with E-state index < -0.39 is 5.41 Å². The molecule has 0 aliphatic heterocycles. The summed E-state index contributed by atoms with van der Waals surface area (Å²) in [6, 6.07) is 10.0. The van der Waals surface area contributed by atoms with Gasteiger partial charge in [-0.1, -0.05) is 44.7 Å². The fraction of sp³-hybridized carbons (Fsp3) is 0.263. The van der Waals surface area contributed by atoms with E-state index in [1.807, 2.05) is 26.8 Å². The number of benzene rings is 1. The molecule has 0 spiro atoms. The average molecular weight is 370 g/mol. The number of rotatable bonds is 5. The SMILES string of the molecule is CC(C)(C)C(=O)CSc1nnc(-c2cccnc2)n1-c1ccccc1F. The van der Waals surface area contributed by atoms with Crippen LogP contribution in [0, 0.1) is 11.2 Å². The molecule has 5 nitrogen and oxygen atoms in total. The molecule has 0 amide bonds. The Balaban J connectivity index is 2.04. The Bertz CT molecular complexity index is 919. The first kappa shape index (κ1) is 18.3. The first-order valence-electron chi connectivity index (χ1n) is 8.15. The summed E-state index contributed by atoms with van der Waals surface area (Å²) in [7, 11) is 0. The monoisotopic (exact) mass is 370 g/mol. The number of carbonyl (C=O) groups is 1. The van der Waals surface area contributed by atoms with E-state index >= 15 is 0 Å². The van der Waals surface area contributed by atoms with Gasteiger partial charge in [0.2, 0.25) is 0 Å². The van der Waals surface area contributed by atoms with Gasteiger partial charge in [0.05, 0.1) is 11.4 Å². The van der Waals surface area contributed by atoms with Crippen molar-refractivity contribution in [3.8, 4) is 17.1 Å². The van der Waals surface area contributed by atoms with Crippen molar-refractivity contribution in [3.05, 3.63) is 54.6 Å². The number of pyridine rings is 1. The second-order valence-corrected chi connectivity index (χ2v) is 7.74. The molecule has 7 heteroatoms. The summed E-state index contributed by atoms with van der Waals surface area (Å²) in [5, 5.41) is 8.88. The highest BCUT2D eigenvalue weighted by Gasteiger charge is 2.24. The number of hydrogen-bond acceptors (Lipinski definition) is 5. The minimum atomic E-state index is -0.442. The zero-order valence-corrected chi connectivity index (χ0v) is 15.6. The Kier molecular flexibility index (Phi) is 5.18. The number of aromatic nitrogens is 4. The molecule has 0 N–H and O–H groups in total. The van der Waals surface area contributed by atoms with Gasteiger partial charge >= 0.3 is 0 Å². The van der Waals surface area contributed by atoms with E-state index in [1.54, 1.807) is 41.2 Å². The third-order valence-corrected chi connectivity index (χ3v) is 4.74. The van der Waals surface area contributed by atoms with Crippen LogP contribution in [-0.4, -0.2) is 31.3 Å². The summed E-state index contributed by atoms with van der Waals surface area (Å²) in [6.07, 6.45) is 3.31. The molecule has 3 rings (SSSR count). The van der Waals surface area contributed by atoms with Crippen LogP contribution in [0.15, 0.2) is 53.9 Å². The summed E-state index contributed by atoms with van der Waals surface area (Å²) in [6.45, 7) is 5.62.